The molecule has 1 aliphatic rings. The van der Waals surface area contributed by atoms with Gasteiger partial charge in [0.05, 0.1) is 0 Å². The summed E-state index contributed by atoms with van der Waals surface area (Å²) in [5.74, 6) is 0.715. The first-order valence-corrected chi connectivity index (χ1v) is 6.01. The fraction of sp³-hybridized carbons (Fsp3) is 0.571. The molecule has 1 atom stereocenters. The Morgan fingerprint density at radius 3 is 2.31 bits per heavy atom. The van der Waals surface area contributed by atoms with Gasteiger partial charge < -0.3 is 5.73 Å². The van der Waals surface area contributed by atoms with E-state index in [9.17, 15) is 0 Å². The predicted molar refractivity (Wildman–Crippen MR) is 72.1 cm³/mol. The topological polar surface area (TPSA) is 26.0 Å². The van der Waals surface area contributed by atoms with Crippen molar-refractivity contribution in [3.63, 3.8) is 0 Å². The van der Waals surface area contributed by atoms with Gasteiger partial charge in [-0.3, -0.25) is 0 Å². The van der Waals surface area contributed by atoms with E-state index >= 15 is 0 Å². The summed E-state index contributed by atoms with van der Waals surface area (Å²) in [5, 5.41) is 0. The third-order valence-electron chi connectivity index (χ3n) is 3.82. The third kappa shape index (κ3) is 2.78. The van der Waals surface area contributed by atoms with E-state index in [4.69, 9.17) is 5.73 Å². The number of nitrogens with two attached hydrogens (primary N) is 1. The molecular weight excluding hydrogens is 218 g/mol. The van der Waals surface area contributed by atoms with Gasteiger partial charge in [0.15, 0.2) is 0 Å². The molecule has 0 radical (unpaired) electrons. The van der Waals surface area contributed by atoms with E-state index in [2.05, 4.69) is 32.0 Å². The summed E-state index contributed by atoms with van der Waals surface area (Å²) in [6, 6.07) is 6.91. The van der Waals surface area contributed by atoms with Crippen LogP contribution in [-0.4, -0.2) is 0 Å². The normalized spacial score (nSPS) is 18.2. The van der Waals surface area contributed by atoms with Crippen LogP contribution in [0.1, 0.15) is 48.4 Å². The Morgan fingerprint density at radius 2 is 1.75 bits per heavy atom. The molecule has 0 saturated heterocycles. The zero-order chi connectivity index (χ0) is 10.8. The van der Waals surface area contributed by atoms with Crippen molar-refractivity contribution in [3.8, 4) is 0 Å². The van der Waals surface area contributed by atoms with Crippen molar-refractivity contribution < 1.29 is 0 Å². The molecule has 0 aliphatic heterocycles. The first kappa shape index (κ1) is 13.5. The summed E-state index contributed by atoms with van der Waals surface area (Å²) in [6.07, 6.45) is 5.36. The van der Waals surface area contributed by atoms with Crippen molar-refractivity contribution >= 4 is 12.4 Å². The molecule has 2 N–H and O–H groups in total. The van der Waals surface area contributed by atoms with Crippen molar-refractivity contribution in [2.75, 3.05) is 0 Å². The largest absolute Gasteiger partial charge is 0.324 e. The number of benzene rings is 1. The molecule has 0 heterocycles. The van der Waals surface area contributed by atoms with Gasteiger partial charge in [-0.05, 0) is 49.3 Å². The van der Waals surface area contributed by atoms with E-state index in [0.29, 0.717) is 5.92 Å². The second kappa shape index (κ2) is 5.70. The monoisotopic (exact) mass is 239 g/mol. The molecule has 1 saturated carbocycles. The van der Waals surface area contributed by atoms with Crippen LogP contribution >= 0.6 is 12.4 Å². The minimum Gasteiger partial charge on any atom is -0.324 e. The minimum atomic E-state index is 0. The fourth-order valence-corrected chi connectivity index (χ4v) is 2.56. The standard InChI is InChI=1S/C14H21N.ClH/c1-10-7-8-13(9-11(10)2)14(15)12-5-3-4-6-12;/h7-9,12,14H,3-6,15H2,1-2H3;1H/t14-;/m1./s1. The maximum Gasteiger partial charge on any atom is 0.0323 e. The molecule has 0 aromatic heterocycles. The molecule has 2 heteroatoms. The van der Waals surface area contributed by atoms with Gasteiger partial charge in [-0.2, -0.15) is 0 Å². The van der Waals surface area contributed by atoms with Crippen molar-refractivity contribution in [2.24, 2.45) is 11.7 Å². The van der Waals surface area contributed by atoms with Gasteiger partial charge in [-0.15, -0.1) is 12.4 Å². The molecule has 2 rings (SSSR count). The number of halogens is 1. The van der Waals surface area contributed by atoms with Gasteiger partial charge in [0, 0.05) is 6.04 Å². The predicted octanol–water partition coefficient (Wildman–Crippen LogP) is 3.92. The Bertz CT molecular complexity index is 343. The van der Waals surface area contributed by atoms with Crippen LogP contribution in [0.5, 0.6) is 0 Å². The molecule has 1 aromatic carbocycles. The van der Waals surface area contributed by atoms with E-state index in [1.807, 2.05) is 0 Å². The first-order valence-electron chi connectivity index (χ1n) is 6.01. The summed E-state index contributed by atoms with van der Waals surface area (Å²) in [6.45, 7) is 4.32. The third-order valence-corrected chi connectivity index (χ3v) is 3.82. The molecular formula is C14H22ClN. The Balaban J connectivity index is 0.00000128. The first-order chi connectivity index (χ1) is 7.18. The number of hydrogen-bond acceptors (Lipinski definition) is 1. The number of hydrogen-bond donors (Lipinski definition) is 1. The van der Waals surface area contributed by atoms with Crippen molar-refractivity contribution in [2.45, 2.75) is 45.6 Å². The highest BCUT2D eigenvalue weighted by molar-refractivity contribution is 5.85. The Morgan fingerprint density at radius 1 is 1.12 bits per heavy atom. The van der Waals surface area contributed by atoms with Gasteiger partial charge in [-0.25, -0.2) is 0 Å². The molecule has 1 aromatic rings. The van der Waals surface area contributed by atoms with Crippen LogP contribution in [0.3, 0.4) is 0 Å². The van der Waals surface area contributed by atoms with Crippen LogP contribution in [0, 0.1) is 19.8 Å². The Kier molecular flexibility index (Phi) is 4.82. The maximum absolute atomic E-state index is 6.32. The van der Waals surface area contributed by atoms with E-state index in [1.165, 1.54) is 42.4 Å². The zero-order valence-electron chi connectivity index (χ0n) is 10.2. The second-order valence-electron chi connectivity index (χ2n) is 4.91. The Labute approximate surface area is 105 Å². The summed E-state index contributed by atoms with van der Waals surface area (Å²) < 4.78 is 0. The van der Waals surface area contributed by atoms with Crippen LogP contribution in [0.4, 0.5) is 0 Å². The highest BCUT2D eigenvalue weighted by Crippen LogP contribution is 2.34. The molecule has 0 spiro atoms. The maximum atomic E-state index is 6.32. The molecule has 0 unspecified atom stereocenters. The van der Waals surface area contributed by atoms with Crippen molar-refractivity contribution in [1.82, 2.24) is 0 Å². The van der Waals surface area contributed by atoms with Gasteiger partial charge in [-0.1, -0.05) is 31.0 Å². The molecule has 16 heavy (non-hydrogen) atoms. The van der Waals surface area contributed by atoms with Crippen molar-refractivity contribution in [1.29, 1.82) is 0 Å². The van der Waals surface area contributed by atoms with E-state index in [-0.39, 0.29) is 18.4 Å². The lowest BCUT2D eigenvalue weighted by Crippen LogP contribution is -2.19. The lowest BCUT2D eigenvalue weighted by atomic mass is 9.91. The molecule has 0 amide bonds. The minimum absolute atomic E-state index is 0. The lowest BCUT2D eigenvalue weighted by molar-refractivity contribution is 0.445. The Hall–Kier alpha value is -0.530. The van der Waals surface area contributed by atoms with E-state index in [1.54, 1.807) is 0 Å². The molecule has 1 nitrogen and oxygen atoms in total. The second-order valence-corrected chi connectivity index (χ2v) is 4.91. The number of rotatable bonds is 2. The molecule has 1 aliphatic carbocycles. The van der Waals surface area contributed by atoms with Gasteiger partial charge in [0.2, 0.25) is 0 Å². The summed E-state index contributed by atoms with van der Waals surface area (Å²) in [5.41, 5.74) is 10.4. The fourth-order valence-electron chi connectivity index (χ4n) is 2.56. The van der Waals surface area contributed by atoms with Gasteiger partial charge in [0.1, 0.15) is 0 Å². The quantitative estimate of drug-likeness (QED) is 0.832. The zero-order valence-corrected chi connectivity index (χ0v) is 11.0. The highest BCUT2D eigenvalue weighted by atomic mass is 35.5. The van der Waals surface area contributed by atoms with E-state index < -0.39 is 0 Å². The average molecular weight is 240 g/mol. The van der Waals surface area contributed by atoms with E-state index in [0.717, 1.165) is 0 Å². The van der Waals surface area contributed by atoms with Crippen LogP contribution in [0.25, 0.3) is 0 Å². The highest BCUT2D eigenvalue weighted by Gasteiger charge is 2.23. The molecule has 1 fully saturated rings. The smallest absolute Gasteiger partial charge is 0.0323 e. The van der Waals surface area contributed by atoms with Gasteiger partial charge >= 0.3 is 0 Å². The van der Waals surface area contributed by atoms with Crippen LogP contribution < -0.4 is 5.73 Å². The number of aryl methyl sites for hydroxylation is 2. The summed E-state index contributed by atoms with van der Waals surface area (Å²) >= 11 is 0. The summed E-state index contributed by atoms with van der Waals surface area (Å²) in [4.78, 5) is 0. The lowest BCUT2D eigenvalue weighted by Gasteiger charge is -2.20. The van der Waals surface area contributed by atoms with Crippen molar-refractivity contribution in [3.05, 3.63) is 34.9 Å². The summed E-state index contributed by atoms with van der Waals surface area (Å²) in [7, 11) is 0. The van der Waals surface area contributed by atoms with Crippen LogP contribution in [0.2, 0.25) is 0 Å². The molecule has 0 bridgehead atoms. The molecule has 90 valence electrons. The SMILES string of the molecule is Cc1ccc([C@H](N)C2CCCC2)cc1C.Cl. The van der Waals surface area contributed by atoms with Gasteiger partial charge in [0.25, 0.3) is 0 Å². The van der Waals surface area contributed by atoms with Crippen LogP contribution in [0.15, 0.2) is 18.2 Å². The average Bonchev–Trinajstić information content (AvgIpc) is 2.74. The van der Waals surface area contributed by atoms with Crippen LogP contribution in [-0.2, 0) is 0 Å².